The summed E-state index contributed by atoms with van der Waals surface area (Å²) in [6.45, 7) is 1.84. The molecule has 1 aliphatic rings. The number of esters is 1. The molecule has 0 saturated carbocycles. The second kappa shape index (κ2) is 11.4. The molecule has 1 aromatic heterocycles. The van der Waals surface area contributed by atoms with Crippen LogP contribution in [0.4, 0.5) is 11.5 Å². The maximum absolute atomic E-state index is 13.6. The highest BCUT2D eigenvalue weighted by Crippen LogP contribution is 2.43. The molecule has 39 heavy (non-hydrogen) atoms. The number of nitro benzene ring substituents is 1. The topological polar surface area (TPSA) is 127 Å². The number of thioether (sulfide) groups is 1. The monoisotopic (exact) mass is 540 g/mol. The number of aromatic amines is 1. The predicted octanol–water partition coefficient (Wildman–Crippen LogP) is 5.50. The highest BCUT2D eigenvalue weighted by molar-refractivity contribution is 7.98. The summed E-state index contributed by atoms with van der Waals surface area (Å²) in [6, 6.07) is 24.9. The summed E-state index contributed by atoms with van der Waals surface area (Å²) in [4.78, 5) is 45.4. The fourth-order valence-corrected chi connectivity index (χ4v) is 5.29. The van der Waals surface area contributed by atoms with E-state index >= 15 is 0 Å². The van der Waals surface area contributed by atoms with E-state index in [9.17, 15) is 19.7 Å². The number of aromatic nitrogens is 2. The predicted molar refractivity (Wildman–Crippen MR) is 149 cm³/mol. The van der Waals surface area contributed by atoms with Gasteiger partial charge in [-0.1, -0.05) is 84.6 Å². The van der Waals surface area contributed by atoms with E-state index in [0.717, 1.165) is 5.56 Å². The minimum atomic E-state index is -0.874. The quantitative estimate of drug-likeness (QED) is 0.0986. The lowest BCUT2D eigenvalue weighted by atomic mass is 9.81. The molecule has 9 nitrogen and oxygen atoms in total. The third-order valence-electron chi connectivity index (χ3n) is 6.24. The smallest absolute Gasteiger partial charge is 0.337 e. The lowest BCUT2D eigenvalue weighted by Gasteiger charge is -2.30. The number of hydrogen-bond donors (Lipinski definition) is 2. The first-order valence-electron chi connectivity index (χ1n) is 12.2. The molecule has 0 amide bonds. The van der Waals surface area contributed by atoms with Crippen molar-refractivity contribution in [3.05, 3.63) is 133 Å². The van der Waals surface area contributed by atoms with Crippen LogP contribution >= 0.6 is 11.8 Å². The highest BCUT2D eigenvalue weighted by Gasteiger charge is 2.38. The van der Waals surface area contributed by atoms with E-state index in [1.165, 1.54) is 23.9 Å². The molecular formula is C29H24N4O5S. The van der Waals surface area contributed by atoms with Crippen LogP contribution in [0, 0.1) is 10.1 Å². The molecule has 0 radical (unpaired) electrons. The van der Waals surface area contributed by atoms with Gasteiger partial charge in [0.2, 0.25) is 0 Å². The number of carbonyl (C=O) groups is 1. The molecule has 0 spiro atoms. The lowest BCUT2D eigenvalue weighted by Crippen LogP contribution is -2.31. The van der Waals surface area contributed by atoms with E-state index < -0.39 is 22.4 Å². The Bertz CT molecular complexity index is 1600. The van der Waals surface area contributed by atoms with Crippen LogP contribution in [0.1, 0.15) is 35.1 Å². The summed E-state index contributed by atoms with van der Waals surface area (Å²) >= 11 is 1.39. The third-order valence-corrected chi connectivity index (χ3v) is 7.18. The minimum Gasteiger partial charge on any atom is -0.463 e. The van der Waals surface area contributed by atoms with Crippen LogP contribution in [0.25, 0.3) is 5.70 Å². The van der Waals surface area contributed by atoms with E-state index in [-0.39, 0.29) is 23.4 Å². The van der Waals surface area contributed by atoms with Crippen LogP contribution in [-0.4, -0.2) is 27.5 Å². The van der Waals surface area contributed by atoms with Crippen LogP contribution in [0.5, 0.6) is 0 Å². The number of benzene rings is 3. The van der Waals surface area contributed by atoms with Crippen molar-refractivity contribution in [3.8, 4) is 0 Å². The van der Waals surface area contributed by atoms with Crippen molar-refractivity contribution in [2.24, 2.45) is 0 Å². The van der Waals surface area contributed by atoms with E-state index in [1.807, 2.05) is 60.7 Å². The summed E-state index contributed by atoms with van der Waals surface area (Å²) in [5.74, 6) is -0.561. The molecule has 0 aliphatic carbocycles. The normalized spacial score (nSPS) is 14.3. The Morgan fingerprint density at radius 2 is 1.69 bits per heavy atom. The summed E-state index contributed by atoms with van der Waals surface area (Å²) in [6.07, 6.45) is 0. The average molecular weight is 541 g/mol. The SMILES string of the molecule is CCOC(=O)C1=C(c2ccccc2)Nc2nc(SCc3ccccc3)[nH]c(=O)c2C1c1ccc([N+](=O)[O-])cc1. The minimum absolute atomic E-state index is 0.0995. The van der Waals surface area contributed by atoms with Crippen molar-refractivity contribution >= 4 is 34.9 Å². The fourth-order valence-electron chi connectivity index (χ4n) is 4.48. The molecule has 4 aromatic rings. The third kappa shape index (κ3) is 5.46. The molecule has 1 atom stereocenters. The zero-order chi connectivity index (χ0) is 27.4. The molecule has 10 heteroatoms. The number of nitrogens with one attached hydrogen (secondary N) is 2. The van der Waals surface area contributed by atoms with Crippen LogP contribution in [0.3, 0.4) is 0 Å². The maximum atomic E-state index is 13.6. The molecule has 3 aromatic carbocycles. The van der Waals surface area contributed by atoms with Crippen LogP contribution in [0.15, 0.2) is 100 Å². The summed E-state index contributed by atoms with van der Waals surface area (Å²) < 4.78 is 5.43. The van der Waals surface area contributed by atoms with Crippen LogP contribution in [-0.2, 0) is 15.3 Å². The van der Waals surface area contributed by atoms with E-state index in [1.54, 1.807) is 19.1 Å². The number of rotatable bonds is 8. The Kier molecular flexibility index (Phi) is 7.55. The molecule has 2 N–H and O–H groups in total. The van der Waals surface area contributed by atoms with Crippen molar-refractivity contribution in [2.75, 3.05) is 11.9 Å². The van der Waals surface area contributed by atoms with Gasteiger partial charge in [0.25, 0.3) is 11.2 Å². The Morgan fingerprint density at radius 1 is 1.03 bits per heavy atom. The van der Waals surface area contributed by atoms with Gasteiger partial charge in [0.15, 0.2) is 5.16 Å². The Morgan fingerprint density at radius 3 is 2.33 bits per heavy atom. The molecule has 5 rings (SSSR count). The molecule has 1 unspecified atom stereocenters. The molecule has 1 aliphatic heterocycles. The number of anilines is 1. The zero-order valence-corrected chi connectivity index (χ0v) is 21.7. The largest absolute Gasteiger partial charge is 0.463 e. The van der Waals surface area contributed by atoms with Gasteiger partial charge in [-0.2, -0.15) is 0 Å². The molecule has 0 bridgehead atoms. The van der Waals surface area contributed by atoms with Gasteiger partial charge in [-0.05, 0) is 23.6 Å². The van der Waals surface area contributed by atoms with Gasteiger partial charge >= 0.3 is 5.97 Å². The van der Waals surface area contributed by atoms with Crippen LogP contribution in [0.2, 0.25) is 0 Å². The number of nitrogens with zero attached hydrogens (tertiary/aromatic N) is 2. The summed E-state index contributed by atoms with van der Waals surface area (Å²) in [5.41, 5.74) is 2.71. The summed E-state index contributed by atoms with van der Waals surface area (Å²) in [5, 5.41) is 14.9. The first-order valence-corrected chi connectivity index (χ1v) is 13.2. The van der Waals surface area contributed by atoms with E-state index in [0.29, 0.717) is 33.6 Å². The number of nitro groups is 1. The lowest BCUT2D eigenvalue weighted by molar-refractivity contribution is -0.384. The first kappa shape index (κ1) is 25.9. The molecular weight excluding hydrogens is 516 g/mol. The van der Waals surface area contributed by atoms with Gasteiger partial charge in [-0.3, -0.25) is 14.9 Å². The van der Waals surface area contributed by atoms with Crippen molar-refractivity contribution in [3.63, 3.8) is 0 Å². The maximum Gasteiger partial charge on any atom is 0.337 e. The fraction of sp³-hybridized carbons (Fsp3) is 0.138. The number of hydrogen-bond acceptors (Lipinski definition) is 8. The van der Waals surface area contributed by atoms with Gasteiger partial charge in [-0.15, -0.1) is 0 Å². The van der Waals surface area contributed by atoms with Gasteiger partial charge in [0, 0.05) is 17.9 Å². The standard InChI is InChI=1S/C29H24N4O5S/c1-2-38-28(35)23-22(19-13-15-21(16-14-19)33(36)37)24-26(30-25(23)20-11-7-4-8-12-20)31-29(32-27(24)34)39-17-18-9-5-3-6-10-18/h3-16,22H,2,17H2,1H3,(H2,30,31,32,34). The Hall–Kier alpha value is -4.70. The van der Waals surface area contributed by atoms with Crippen LogP contribution < -0.4 is 10.9 Å². The zero-order valence-electron chi connectivity index (χ0n) is 20.9. The highest BCUT2D eigenvalue weighted by atomic mass is 32.2. The van der Waals surface area contributed by atoms with Crippen molar-refractivity contribution in [2.45, 2.75) is 23.8 Å². The van der Waals surface area contributed by atoms with E-state index in [4.69, 9.17) is 9.72 Å². The average Bonchev–Trinajstić information content (AvgIpc) is 2.96. The number of fused-ring (bicyclic) bond motifs is 1. The molecule has 196 valence electrons. The van der Waals surface area contributed by atoms with Gasteiger partial charge in [0.1, 0.15) is 5.82 Å². The number of non-ortho nitro benzene ring substituents is 1. The number of H-pyrrole nitrogens is 1. The second-order valence-electron chi connectivity index (χ2n) is 8.69. The summed E-state index contributed by atoms with van der Waals surface area (Å²) in [7, 11) is 0. The molecule has 0 saturated heterocycles. The number of carbonyl (C=O) groups excluding carboxylic acids is 1. The van der Waals surface area contributed by atoms with Gasteiger partial charge < -0.3 is 15.0 Å². The first-order chi connectivity index (χ1) is 19.0. The van der Waals surface area contributed by atoms with Crippen molar-refractivity contribution < 1.29 is 14.5 Å². The van der Waals surface area contributed by atoms with Crippen molar-refractivity contribution in [1.82, 2.24) is 9.97 Å². The molecule has 0 fully saturated rings. The molecule has 2 heterocycles. The van der Waals surface area contributed by atoms with Gasteiger partial charge in [0.05, 0.1) is 34.3 Å². The van der Waals surface area contributed by atoms with Gasteiger partial charge in [-0.25, -0.2) is 9.78 Å². The number of ether oxygens (including phenoxy) is 1. The van der Waals surface area contributed by atoms with Crippen molar-refractivity contribution in [1.29, 1.82) is 0 Å². The Labute approximate surface area is 228 Å². The second-order valence-corrected chi connectivity index (χ2v) is 9.65. The van der Waals surface area contributed by atoms with E-state index in [2.05, 4.69) is 10.3 Å². The Balaban J connectivity index is 1.67.